The lowest BCUT2D eigenvalue weighted by atomic mass is 10.2. The fourth-order valence-corrected chi connectivity index (χ4v) is 2.37. The molecule has 1 aromatic heterocycles. The van der Waals surface area contributed by atoms with Gasteiger partial charge in [0.05, 0.1) is 17.4 Å². The highest BCUT2D eigenvalue weighted by Gasteiger charge is 2.15. The van der Waals surface area contributed by atoms with Crippen molar-refractivity contribution in [3.05, 3.63) is 60.2 Å². The number of benzene rings is 2. The van der Waals surface area contributed by atoms with E-state index in [9.17, 15) is 4.79 Å². The Kier molecular flexibility index (Phi) is 4.68. The molecule has 0 atom stereocenters. The summed E-state index contributed by atoms with van der Waals surface area (Å²) in [6, 6.07) is 17.7. The van der Waals surface area contributed by atoms with Gasteiger partial charge in [-0.25, -0.2) is 4.79 Å². The normalized spacial score (nSPS) is 10.8. The number of rotatable bonds is 6. The maximum atomic E-state index is 11.8. The molecule has 0 saturated carbocycles. The standard InChI is InChI=1S/C18H18N2O3/c1-2-22-13-17(21)23-18-15-10-6-7-11-16(15)20(19-18)12-14-8-4-3-5-9-14/h3-11H,2,12-13H2,1H3. The van der Waals surface area contributed by atoms with Crippen LogP contribution in [0.15, 0.2) is 54.6 Å². The minimum Gasteiger partial charge on any atom is -0.403 e. The molecule has 3 aromatic rings. The summed E-state index contributed by atoms with van der Waals surface area (Å²) in [6.07, 6.45) is 0. The van der Waals surface area contributed by atoms with E-state index >= 15 is 0 Å². The molecule has 5 heteroatoms. The molecule has 0 amide bonds. The van der Waals surface area contributed by atoms with Gasteiger partial charge in [-0.05, 0) is 24.6 Å². The van der Waals surface area contributed by atoms with E-state index in [1.165, 1.54) is 0 Å². The van der Waals surface area contributed by atoms with Gasteiger partial charge >= 0.3 is 5.97 Å². The van der Waals surface area contributed by atoms with Crippen molar-refractivity contribution >= 4 is 16.9 Å². The Morgan fingerprint density at radius 3 is 2.61 bits per heavy atom. The molecule has 118 valence electrons. The number of carbonyl (C=O) groups excluding carboxylic acids is 1. The van der Waals surface area contributed by atoms with E-state index < -0.39 is 5.97 Å². The largest absolute Gasteiger partial charge is 0.403 e. The van der Waals surface area contributed by atoms with Gasteiger partial charge in [0.15, 0.2) is 0 Å². The summed E-state index contributed by atoms with van der Waals surface area (Å²) in [4.78, 5) is 11.8. The fourth-order valence-electron chi connectivity index (χ4n) is 2.37. The molecule has 0 unspecified atom stereocenters. The number of fused-ring (bicyclic) bond motifs is 1. The Morgan fingerprint density at radius 1 is 1.09 bits per heavy atom. The predicted molar refractivity (Wildman–Crippen MR) is 87.4 cm³/mol. The van der Waals surface area contributed by atoms with Crippen molar-refractivity contribution in [3.63, 3.8) is 0 Å². The monoisotopic (exact) mass is 310 g/mol. The summed E-state index contributed by atoms with van der Waals surface area (Å²) in [5.74, 6) is -0.122. The Bertz CT molecular complexity index is 796. The summed E-state index contributed by atoms with van der Waals surface area (Å²) in [5, 5.41) is 5.26. The van der Waals surface area contributed by atoms with Gasteiger partial charge in [-0.15, -0.1) is 5.10 Å². The Balaban J connectivity index is 1.89. The second-order valence-electron chi connectivity index (χ2n) is 5.08. The van der Waals surface area contributed by atoms with Crippen molar-refractivity contribution < 1.29 is 14.3 Å². The van der Waals surface area contributed by atoms with E-state index in [1.807, 2.05) is 66.2 Å². The maximum Gasteiger partial charge on any atom is 0.338 e. The lowest BCUT2D eigenvalue weighted by Gasteiger charge is -2.03. The van der Waals surface area contributed by atoms with Crippen molar-refractivity contribution in [1.29, 1.82) is 0 Å². The van der Waals surface area contributed by atoms with E-state index in [2.05, 4.69) is 5.10 Å². The van der Waals surface area contributed by atoms with Gasteiger partial charge in [0, 0.05) is 6.61 Å². The van der Waals surface area contributed by atoms with Crippen molar-refractivity contribution in [2.45, 2.75) is 13.5 Å². The molecule has 5 nitrogen and oxygen atoms in total. The van der Waals surface area contributed by atoms with Crippen LogP contribution in [-0.2, 0) is 16.1 Å². The molecule has 2 aromatic carbocycles. The van der Waals surface area contributed by atoms with Gasteiger partial charge in [-0.2, -0.15) is 0 Å². The zero-order valence-electron chi connectivity index (χ0n) is 12.9. The van der Waals surface area contributed by atoms with Crippen LogP contribution >= 0.6 is 0 Å². The van der Waals surface area contributed by atoms with Gasteiger partial charge in [0.1, 0.15) is 6.61 Å². The molecule has 3 rings (SSSR count). The summed E-state index contributed by atoms with van der Waals surface area (Å²) >= 11 is 0. The van der Waals surface area contributed by atoms with Crippen LogP contribution in [0.5, 0.6) is 5.88 Å². The zero-order valence-corrected chi connectivity index (χ0v) is 12.9. The minimum atomic E-state index is -0.443. The lowest BCUT2D eigenvalue weighted by Crippen LogP contribution is -2.16. The van der Waals surface area contributed by atoms with Crippen LogP contribution in [-0.4, -0.2) is 29.0 Å². The van der Waals surface area contributed by atoms with Gasteiger partial charge in [-0.1, -0.05) is 42.5 Å². The lowest BCUT2D eigenvalue weighted by molar-refractivity contribution is -0.139. The van der Waals surface area contributed by atoms with Crippen LogP contribution in [0.2, 0.25) is 0 Å². The molecule has 0 spiro atoms. The van der Waals surface area contributed by atoms with Crippen LogP contribution in [0.3, 0.4) is 0 Å². The van der Waals surface area contributed by atoms with E-state index in [4.69, 9.17) is 9.47 Å². The average molecular weight is 310 g/mol. The second-order valence-corrected chi connectivity index (χ2v) is 5.08. The molecule has 0 aliphatic carbocycles. The van der Waals surface area contributed by atoms with Crippen LogP contribution in [0.4, 0.5) is 0 Å². The molecule has 0 aliphatic rings. The number of hydrogen-bond acceptors (Lipinski definition) is 4. The highest BCUT2D eigenvalue weighted by atomic mass is 16.6. The number of nitrogens with zero attached hydrogens (tertiary/aromatic N) is 2. The SMILES string of the molecule is CCOCC(=O)Oc1nn(Cc2ccccc2)c2ccccc12. The molecule has 0 saturated heterocycles. The molecule has 0 fully saturated rings. The highest BCUT2D eigenvalue weighted by Crippen LogP contribution is 2.25. The molecule has 0 aliphatic heterocycles. The second kappa shape index (κ2) is 7.07. The summed E-state index contributed by atoms with van der Waals surface area (Å²) in [5.41, 5.74) is 2.06. The summed E-state index contributed by atoms with van der Waals surface area (Å²) < 4.78 is 12.3. The molecule has 0 N–H and O–H groups in total. The number of ether oxygens (including phenoxy) is 2. The fraction of sp³-hybridized carbons (Fsp3) is 0.222. The third kappa shape index (κ3) is 3.57. The minimum absolute atomic E-state index is 0.0730. The summed E-state index contributed by atoms with van der Waals surface area (Å²) in [6.45, 7) is 2.84. The van der Waals surface area contributed by atoms with Crippen molar-refractivity contribution in [2.24, 2.45) is 0 Å². The van der Waals surface area contributed by atoms with Crippen LogP contribution < -0.4 is 4.74 Å². The zero-order chi connectivity index (χ0) is 16.1. The number of aromatic nitrogens is 2. The number of para-hydroxylation sites is 1. The third-order valence-electron chi connectivity index (χ3n) is 3.43. The first kappa shape index (κ1) is 15.2. The molecule has 0 radical (unpaired) electrons. The first-order chi connectivity index (χ1) is 11.3. The van der Waals surface area contributed by atoms with E-state index in [0.29, 0.717) is 19.0 Å². The van der Waals surface area contributed by atoms with E-state index in [0.717, 1.165) is 16.5 Å². The maximum absolute atomic E-state index is 11.8. The van der Waals surface area contributed by atoms with Crippen LogP contribution in [0, 0.1) is 0 Å². The first-order valence-electron chi connectivity index (χ1n) is 7.56. The molecule has 23 heavy (non-hydrogen) atoms. The molecule has 1 heterocycles. The highest BCUT2D eigenvalue weighted by molar-refractivity contribution is 5.87. The van der Waals surface area contributed by atoms with Gasteiger partial charge in [0.2, 0.25) is 5.88 Å². The summed E-state index contributed by atoms with van der Waals surface area (Å²) in [7, 11) is 0. The van der Waals surface area contributed by atoms with E-state index in [-0.39, 0.29) is 6.61 Å². The van der Waals surface area contributed by atoms with Crippen LogP contribution in [0.25, 0.3) is 10.9 Å². The predicted octanol–water partition coefficient (Wildman–Crippen LogP) is 3.03. The number of esters is 1. The smallest absolute Gasteiger partial charge is 0.338 e. The van der Waals surface area contributed by atoms with Gasteiger partial charge < -0.3 is 9.47 Å². The number of hydrogen-bond donors (Lipinski definition) is 0. The molecular weight excluding hydrogens is 292 g/mol. The van der Waals surface area contributed by atoms with Crippen molar-refractivity contribution in [3.8, 4) is 5.88 Å². The first-order valence-corrected chi connectivity index (χ1v) is 7.56. The Hall–Kier alpha value is -2.66. The quantitative estimate of drug-likeness (QED) is 0.657. The van der Waals surface area contributed by atoms with Gasteiger partial charge in [-0.3, -0.25) is 4.68 Å². The third-order valence-corrected chi connectivity index (χ3v) is 3.43. The Morgan fingerprint density at radius 2 is 1.83 bits per heavy atom. The van der Waals surface area contributed by atoms with Crippen LogP contribution in [0.1, 0.15) is 12.5 Å². The molecule has 0 bridgehead atoms. The average Bonchev–Trinajstić information content (AvgIpc) is 2.92. The van der Waals surface area contributed by atoms with E-state index in [1.54, 1.807) is 0 Å². The molecular formula is C18H18N2O3. The van der Waals surface area contributed by atoms with Crippen molar-refractivity contribution in [2.75, 3.05) is 13.2 Å². The van der Waals surface area contributed by atoms with Gasteiger partial charge in [0.25, 0.3) is 0 Å². The Labute approximate surface area is 134 Å². The topological polar surface area (TPSA) is 53.4 Å². The number of carbonyl (C=O) groups is 1. The van der Waals surface area contributed by atoms with Crippen molar-refractivity contribution in [1.82, 2.24) is 9.78 Å².